The molecule has 0 saturated heterocycles. The van der Waals surface area contributed by atoms with Crippen molar-refractivity contribution in [3.63, 3.8) is 0 Å². The van der Waals surface area contributed by atoms with Crippen LogP contribution in [0.25, 0.3) is 10.9 Å². The number of nitrogens with zero attached hydrogens (tertiary/aromatic N) is 1. The largest absolute Gasteiger partial charge is 0.321 e. The van der Waals surface area contributed by atoms with Crippen LogP contribution in [0.1, 0.15) is 29.2 Å². The zero-order valence-corrected chi connectivity index (χ0v) is 13.9. The molecule has 4 rings (SSSR count). The van der Waals surface area contributed by atoms with Gasteiger partial charge in [-0.15, -0.1) is 0 Å². The van der Waals surface area contributed by atoms with Crippen LogP contribution in [0.3, 0.4) is 0 Å². The van der Waals surface area contributed by atoms with E-state index < -0.39 is 0 Å². The van der Waals surface area contributed by atoms with Crippen molar-refractivity contribution in [3.8, 4) is 0 Å². The summed E-state index contributed by atoms with van der Waals surface area (Å²) >= 11 is 5.95. The van der Waals surface area contributed by atoms with Gasteiger partial charge in [-0.1, -0.05) is 41.9 Å². The molecule has 3 aromatic rings. The van der Waals surface area contributed by atoms with Crippen molar-refractivity contribution in [2.75, 3.05) is 0 Å². The number of hydrogen-bond acceptors (Lipinski definition) is 3. The Bertz CT molecular complexity index is 1010. The Balaban J connectivity index is 1.71. The highest BCUT2D eigenvalue weighted by molar-refractivity contribution is 6.30. The van der Waals surface area contributed by atoms with Crippen LogP contribution in [0.4, 0.5) is 0 Å². The molecule has 24 heavy (non-hydrogen) atoms. The van der Waals surface area contributed by atoms with Gasteiger partial charge in [0.2, 0.25) is 0 Å². The van der Waals surface area contributed by atoms with Crippen LogP contribution in [0.2, 0.25) is 5.02 Å². The number of hydrogen-bond donors (Lipinski definition) is 2. The molecule has 2 N–H and O–H groups in total. The molecule has 0 fully saturated rings. The van der Waals surface area contributed by atoms with Gasteiger partial charge in [0, 0.05) is 22.3 Å². The molecule has 1 atom stereocenters. The third-order valence-corrected chi connectivity index (χ3v) is 4.75. The van der Waals surface area contributed by atoms with E-state index >= 15 is 0 Å². The van der Waals surface area contributed by atoms with Gasteiger partial charge in [0.1, 0.15) is 0 Å². The summed E-state index contributed by atoms with van der Waals surface area (Å²) < 4.78 is 0. The van der Waals surface area contributed by atoms with Gasteiger partial charge in [-0.05, 0) is 36.2 Å². The lowest BCUT2D eigenvalue weighted by Crippen LogP contribution is -2.20. The predicted octanol–water partition coefficient (Wildman–Crippen LogP) is 3.93. The molecule has 0 radical (unpaired) electrons. The normalized spacial score (nSPS) is 16.9. The van der Waals surface area contributed by atoms with Crippen LogP contribution in [0, 0.1) is 6.92 Å². The number of aromatic amines is 1. The molecule has 0 amide bonds. The number of halogens is 1. The van der Waals surface area contributed by atoms with Crippen LogP contribution in [0.5, 0.6) is 0 Å². The van der Waals surface area contributed by atoms with E-state index in [2.05, 4.69) is 15.5 Å². The summed E-state index contributed by atoms with van der Waals surface area (Å²) in [6, 6.07) is 15.6. The van der Waals surface area contributed by atoms with Gasteiger partial charge < -0.3 is 10.4 Å². The van der Waals surface area contributed by atoms with Crippen LogP contribution in [-0.4, -0.2) is 10.7 Å². The number of pyridine rings is 1. The molecule has 4 nitrogen and oxygen atoms in total. The SMILES string of the molecule is Cc1c(C2=NNC(c3ccc(Cl)cc3)C2)c(=O)[nH]c2ccccc12. The monoisotopic (exact) mass is 337 g/mol. The number of hydrazone groups is 1. The molecule has 2 aromatic carbocycles. The third-order valence-electron chi connectivity index (χ3n) is 4.50. The molecular weight excluding hydrogens is 322 g/mol. The van der Waals surface area contributed by atoms with Gasteiger partial charge in [0.15, 0.2) is 0 Å². The number of aromatic nitrogens is 1. The fourth-order valence-electron chi connectivity index (χ4n) is 3.24. The summed E-state index contributed by atoms with van der Waals surface area (Å²) in [5.41, 5.74) is 7.42. The predicted molar refractivity (Wildman–Crippen MR) is 97.8 cm³/mol. The number of aryl methyl sites for hydroxylation is 1. The second kappa shape index (κ2) is 5.80. The average Bonchev–Trinajstić information content (AvgIpc) is 3.05. The van der Waals surface area contributed by atoms with Gasteiger partial charge in [0.05, 0.1) is 17.3 Å². The van der Waals surface area contributed by atoms with Gasteiger partial charge in [0.25, 0.3) is 5.56 Å². The van der Waals surface area contributed by atoms with E-state index in [4.69, 9.17) is 11.6 Å². The van der Waals surface area contributed by atoms with Crippen LogP contribution in [-0.2, 0) is 0 Å². The molecule has 1 unspecified atom stereocenters. The minimum atomic E-state index is -0.0940. The number of benzene rings is 2. The number of fused-ring (bicyclic) bond motifs is 1. The maximum atomic E-state index is 12.5. The first kappa shape index (κ1) is 15.0. The van der Waals surface area contributed by atoms with Crippen molar-refractivity contribution in [1.29, 1.82) is 0 Å². The van der Waals surface area contributed by atoms with E-state index in [1.807, 2.05) is 55.5 Å². The molecule has 0 spiro atoms. The van der Waals surface area contributed by atoms with Crippen molar-refractivity contribution in [2.24, 2.45) is 5.10 Å². The minimum absolute atomic E-state index is 0.0579. The van der Waals surface area contributed by atoms with Crippen molar-refractivity contribution in [1.82, 2.24) is 10.4 Å². The van der Waals surface area contributed by atoms with E-state index in [1.165, 1.54) is 0 Å². The zero-order valence-electron chi connectivity index (χ0n) is 13.1. The zero-order chi connectivity index (χ0) is 16.7. The third kappa shape index (κ3) is 2.49. The summed E-state index contributed by atoms with van der Waals surface area (Å²) in [5, 5.41) is 6.18. The van der Waals surface area contributed by atoms with Crippen molar-refractivity contribution < 1.29 is 0 Å². The van der Waals surface area contributed by atoms with Crippen LogP contribution < -0.4 is 11.0 Å². The quantitative estimate of drug-likeness (QED) is 0.744. The highest BCUT2D eigenvalue weighted by atomic mass is 35.5. The number of rotatable bonds is 2. The molecule has 1 aromatic heterocycles. The number of H-pyrrole nitrogens is 1. The Morgan fingerprint density at radius 1 is 1.12 bits per heavy atom. The lowest BCUT2D eigenvalue weighted by Gasteiger charge is -2.11. The molecule has 1 aliphatic heterocycles. The number of nitrogens with one attached hydrogen (secondary N) is 2. The van der Waals surface area contributed by atoms with E-state index in [0.717, 1.165) is 27.7 Å². The van der Waals surface area contributed by atoms with Crippen molar-refractivity contribution in [3.05, 3.63) is 80.6 Å². The van der Waals surface area contributed by atoms with Gasteiger partial charge in [-0.25, -0.2) is 0 Å². The Morgan fingerprint density at radius 2 is 1.88 bits per heavy atom. The molecule has 120 valence electrons. The summed E-state index contributed by atoms with van der Waals surface area (Å²) in [6.07, 6.45) is 0.671. The first-order chi connectivity index (χ1) is 11.6. The fraction of sp³-hybridized carbons (Fsp3) is 0.158. The van der Waals surface area contributed by atoms with Crippen molar-refractivity contribution >= 4 is 28.2 Å². The highest BCUT2D eigenvalue weighted by Crippen LogP contribution is 2.27. The summed E-state index contributed by atoms with van der Waals surface area (Å²) in [5.74, 6) is 0. The maximum absolute atomic E-state index is 12.5. The average molecular weight is 338 g/mol. The summed E-state index contributed by atoms with van der Waals surface area (Å²) in [6.45, 7) is 1.98. The lowest BCUT2D eigenvalue weighted by molar-refractivity contribution is 0.620. The van der Waals surface area contributed by atoms with Crippen molar-refractivity contribution in [2.45, 2.75) is 19.4 Å². The smallest absolute Gasteiger partial charge is 0.257 e. The summed E-state index contributed by atoms with van der Waals surface area (Å²) in [4.78, 5) is 15.5. The van der Waals surface area contributed by atoms with Gasteiger partial charge in [-0.2, -0.15) is 5.10 Å². The van der Waals surface area contributed by atoms with Gasteiger partial charge >= 0.3 is 0 Å². The van der Waals surface area contributed by atoms with Crippen LogP contribution in [0.15, 0.2) is 58.4 Å². The molecule has 2 heterocycles. The molecule has 0 aliphatic carbocycles. The van der Waals surface area contributed by atoms with E-state index in [-0.39, 0.29) is 11.6 Å². The standard InChI is InChI=1S/C19H16ClN3O/c1-11-14-4-2-3-5-15(14)21-19(24)18(11)17-10-16(22-23-17)12-6-8-13(20)9-7-12/h2-9,16,22H,10H2,1H3,(H,21,24). The molecular formula is C19H16ClN3O. The highest BCUT2D eigenvalue weighted by Gasteiger charge is 2.24. The first-order valence-corrected chi connectivity index (χ1v) is 8.21. The summed E-state index contributed by atoms with van der Waals surface area (Å²) in [7, 11) is 0. The molecule has 5 heteroatoms. The Hall–Kier alpha value is -2.59. The Kier molecular flexibility index (Phi) is 3.62. The Labute approximate surface area is 144 Å². The van der Waals surface area contributed by atoms with E-state index in [9.17, 15) is 4.79 Å². The maximum Gasteiger partial charge on any atom is 0.257 e. The van der Waals surface area contributed by atoms with E-state index in [1.54, 1.807) is 0 Å². The topological polar surface area (TPSA) is 57.2 Å². The molecule has 0 bridgehead atoms. The second-order valence-electron chi connectivity index (χ2n) is 6.00. The lowest BCUT2D eigenvalue weighted by atomic mass is 9.96. The Morgan fingerprint density at radius 3 is 2.67 bits per heavy atom. The molecule has 0 saturated carbocycles. The minimum Gasteiger partial charge on any atom is -0.321 e. The van der Waals surface area contributed by atoms with Gasteiger partial charge in [-0.3, -0.25) is 4.79 Å². The van der Waals surface area contributed by atoms with Crippen LogP contribution >= 0.6 is 11.6 Å². The second-order valence-corrected chi connectivity index (χ2v) is 6.43. The van der Waals surface area contributed by atoms with E-state index in [0.29, 0.717) is 17.0 Å². The molecule has 1 aliphatic rings. The fourth-order valence-corrected chi connectivity index (χ4v) is 3.37. The number of para-hydroxylation sites is 1. The first-order valence-electron chi connectivity index (χ1n) is 7.83.